The van der Waals surface area contributed by atoms with E-state index in [1.165, 1.54) is 11.3 Å². The average Bonchev–Trinajstić information content (AvgIpc) is 3.20. The van der Waals surface area contributed by atoms with Crippen molar-refractivity contribution in [3.05, 3.63) is 42.5 Å². The maximum absolute atomic E-state index is 12.1. The van der Waals surface area contributed by atoms with E-state index in [0.29, 0.717) is 33.1 Å². The lowest BCUT2D eigenvalue weighted by Gasteiger charge is -2.08. The van der Waals surface area contributed by atoms with Crippen LogP contribution in [0.2, 0.25) is 0 Å². The van der Waals surface area contributed by atoms with Gasteiger partial charge in [-0.25, -0.2) is 0 Å². The van der Waals surface area contributed by atoms with Gasteiger partial charge >= 0.3 is 0 Å². The van der Waals surface area contributed by atoms with E-state index in [9.17, 15) is 4.79 Å². The van der Waals surface area contributed by atoms with Crippen molar-refractivity contribution in [2.24, 2.45) is 0 Å². The lowest BCUT2D eigenvalue weighted by Crippen LogP contribution is -2.20. The normalized spacial score (nSPS) is 10.2. The van der Waals surface area contributed by atoms with Gasteiger partial charge in [0.25, 0.3) is 5.91 Å². The van der Waals surface area contributed by atoms with Crippen LogP contribution in [0.5, 0.6) is 23.0 Å². The fraction of sp³-hybridized carbons (Fsp3) is 0.211. The molecule has 3 rings (SSSR count). The zero-order valence-electron chi connectivity index (χ0n) is 15.6. The van der Waals surface area contributed by atoms with E-state index < -0.39 is 0 Å². The Labute approximate surface area is 166 Å². The van der Waals surface area contributed by atoms with Crippen LogP contribution in [0.3, 0.4) is 0 Å². The summed E-state index contributed by atoms with van der Waals surface area (Å²) in [6.45, 7) is -0.154. The van der Waals surface area contributed by atoms with Gasteiger partial charge in [0.05, 0.1) is 21.3 Å². The van der Waals surface area contributed by atoms with E-state index in [0.717, 1.165) is 5.56 Å². The van der Waals surface area contributed by atoms with Gasteiger partial charge in [0.1, 0.15) is 16.5 Å². The summed E-state index contributed by atoms with van der Waals surface area (Å²) in [5.41, 5.74) is 0.809. The lowest BCUT2D eigenvalue weighted by atomic mass is 10.2. The van der Waals surface area contributed by atoms with Crippen molar-refractivity contribution in [2.45, 2.75) is 0 Å². The Morgan fingerprint density at radius 3 is 2.50 bits per heavy atom. The molecule has 28 heavy (non-hydrogen) atoms. The molecule has 0 atom stereocenters. The predicted molar refractivity (Wildman–Crippen MR) is 106 cm³/mol. The molecular weight excluding hydrogens is 382 g/mol. The minimum Gasteiger partial charge on any atom is -0.497 e. The SMILES string of the molecule is COc1cccc(OCC(=O)Nc2nnc(-c3ccc(OC)c(OC)c3)s2)c1. The molecule has 0 unspecified atom stereocenters. The van der Waals surface area contributed by atoms with Crippen molar-refractivity contribution >= 4 is 22.4 Å². The molecule has 0 bridgehead atoms. The smallest absolute Gasteiger partial charge is 0.264 e. The number of aromatic nitrogens is 2. The molecule has 1 aromatic heterocycles. The first-order valence-corrected chi connectivity index (χ1v) is 9.07. The van der Waals surface area contributed by atoms with Crippen LogP contribution >= 0.6 is 11.3 Å². The fourth-order valence-electron chi connectivity index (χ4n) is 2.35. The highest BCUT2D eigenvalue weighted by Crippen LogP contribution is 2.34. The molecule has 146 valence electrons. The van der Waals surface area contributed by atoms with E-state index in [2.05, 4.69) is 15.5 Å². The fourth-order valence-corrected chi connectivity index (χ4v) is 3.11. The highest BCUT2D eigenvalue weighted by molar-refractivity contribution is 7.18. The summed E-state index contributed by atoms with van der Waals surface area (Å²) in [5.74, 6) is 2.07. The Kier molecular flexibility index (Phi) is 6.28. The van der Waals surface area contributed by atoms with Crippen molar-refractivity contribution in [3.8, 4) is 33.6 Å². The van der Waals surface area contributed by atoms with Crippen molar-refractivity contribution < 1.29 is 23.7 Å². The van der Waals surface area contributed by atoms with E-state index in [1.54, 1.807) is 57.7 Å². The minimum atomic E-state index is -0.335. The third-order valence-electron chi connectivity index (χ3n) is 3.71. The summed E-state index contributed by atoms with van der Waals surface area (Å²) in [7, 11) is 4.71. The Balaban J connectivity index is 1.61. The van der Waals surface area contributed by atoms with Gasteiger partial charge in [0, 0.05) is 11.6 Å². The molecule has 0 aliphatic rings. The number of hydrogen-bond donors (Lipinski definition) is 1. The number of nitrogens with zero attached hydrogens (tertiary/aromatic N) is 2. The number of ether oxygens (including phenoxy) is 4. The number of anilines is 1. The Morgan fingerprint density at radius 1 is 0.964 bits per heavy atom. The van der Waals surface area contributed by atoms with Crippen LogP contribution in [0.4, 0.5) is 5.13 Å². The number of benzene rings is 2. The first kappa shape index (κ1) is 19.4. The molecule has 1 heterocycles. The molecule has 8 nitrogen and oxygen atoms in total. The van der Waals surface area contributed by atoms with Crippen LogP contribution in [0.15, 0.2) is 42.5 Å². The molecule has 0 spiro atoms. The Bertz CT molecular complexity index is 960. The molecule has 1 amide bonds. The molecule has 9 heteroatoms. The maximum Gasteiger partial charge on any atom is 0.264 e. The number of nitrogens with one attached hydrogen (secondary N) is 1. The second-order valence-corrected chi connectivity index (χ2v) is 6.48. The zero-order valence-corrected chi connectivity index (χ0v) is 16.4. The van der Waals surface area contributed by atoms with Crippen LogP contribution < -0.4 is 24.3 Å². The minimum absolute atomic E-state index is 0.154. The first-order chi connectivity index (χ1) is 13.6. The number of hydrogen-bond acceptors (Lipinski definition) is 8. The van der Waals surface area contributed by atoms with Gasteiger partial charge in [-0.05, 0) is 30.3 Å². The third kappa shape index (κ3) is 4.68. The number of carbonyl (C=O) groups is 1. The Hall–Kier alpha value is -3.33. The highest BCUT2D eigenvalue weighted by Gasteiger charge is 2.13. The molecular formula is C19H19N3O5S. The largest absolute Gasteiger partial charge is 0.497 e. The van der Waals surface area contributed by atoms with Gasteiger partial charge in [-0.15, -0.1) is 10.2 Å². The van der Waals surface area contributed by atoms with Gasteiger partial charge in [-0.1, -0.05) is 17.4 Å². The summed E-state index contributed by atoms with van der Waals surface area (Å²) in [5, 5.41) is 11.8. The standard InChI is InChI=1S/C19H19N3O5S/c1-24-13-5-4-6-14(10-13)27-11-17(23)20-19-22-21-18(28-19)12-7-8-15(25-2)16(9-12)26-3/h4-10H,11H2,1-3H3,(H,20,22,23). The van der Waals surface area contributed by atoms with Crippen molar-refractivity contribution in [2.75, 3.05) is 33.3 Å². The van der Waals surface area contributed by atoms with Crippen LogP contribution in [-0.2, 0) is 4.79 Å². The van der Waals surface area contributed by atoms with E-state index >= 15 is 0 Å². The molecule has 0 radical (unpaired) electrons. The van der Waals surface area contributed by atoms with E-state index in [4.69, 9.17) is 18.9 Å². The molecule has 3 aromatic rings. The summed E-state index contributed by atoms with van der Waals surface area (Å²) in [6.07, 6.45) is 0. The van der Waals surface area contributed by atoms with Gasteiger partial charge in [-0.3, -0.25) is 10.1 Å². The van der Waals surface area contributed by atoms with Crippen LogP contribution in [0.25, 0.3) is 10.6 Å². The number of rotatable bonds is 8. The molecule has 0 saturated carbocycles. The van der Waals surface area contributed by atoms with E-state index in [1.807, 2.05) is 6.07 Å². The summed E-state index contributed by atoms with van der Waals surface area (Å²) in [6, 6.07) is 12.5. The summed E-state index contributed by atoms with van der Waals surface area (Å²) < 4.78 is 21.1. The van der Waals surface area contributed by atoms with Crippen LogP contribution in [0.1, 0.15) is 0 Å². The van der Waals surface area contributed by atoms with Gasteiger partial charge in [0.2, 0.25) is 5.13 Å². The van der Waals surface area contributed by atoms with Crippen molar-refractivity contribution in [1.82, 2.24) is 10.2 Å². The quantitative estimate of drug-likeness (QED) is 0.619. The molecule has 0 aliphatic carbocycles. The summed E-state index contributed by atoms with van der Waals surface area (Å²) in [4.78, 5) is 12.1. The second kappa shape index (κ2) is 9.05. The zero-order chi connectivity index (χ0) is 19.9. The van der Waals surface area contributed by atoms with E-state index in [-0.39, 0.29) is 12.5 Å². The topological polar surface area (TPSA) is 91.8 Å². The number of methoxy groups -OCH3 is 3. The number of amides is 1. The average molecular weight is 401 g/mol. The van der Waals surface area contributed by atoms with Crippen molar-refractivity contribution in [1.29, 1.82) is 0 Å². The maximum atomic E-state index is 12.1. The second-order valence-electron chi connectivity index (χ2n) is 5.50. The molecule has 2 aromatic carbocycles. The predicted octanol–water partition coefficient (Wildman–Crippen LogP) is 3.25. The van der Waals surface area contributed by atoms with Gasteiger partial charge < -0.3 is 18.9 Å². The third-order valence-corrected chi connectivity index (χ3v) is 4.60. The lowest BCUT2D eigenvalue weighted by molar-refractivity contribution is -0.118. The Morgan fingerprint density at radius 2 is 1.75 bits per heavy atom. The monoisotopic (exact) mass is 401 g/mol. The molecule has 0 aliphatic heterocycles. The first-order valence-electron chi connectivity index (χ1n) is 8.25. The molecule has 0 fully saturated rings. The molecule has 1 N–H and O–H groups in total. The van der Waals surface area contributed by atoms with Crippen LogP contribution in [0, 0.1) is 0 Å². The highest BCUT2D eigenvalue weighted by atomic mass is 32.1. The molecule has 0 saturated heterocycles. The van der Waals surface area contributed by atoms with Gasteiger partial charge in [-0.2, -0.15) is 0 Å². The van der Waals surface area contributed by atoms with Crippen LogP contribution in [-0.4, -0.2) is 44.0 Å². The summed E-state index contributed by atoms with van der Waals surface area (Å²) >= 11 is 1.25. The number of carbonyl (C=O) groups excluding carboxylic acids is 1. The van der Waals surface area contributed by atoms with Crippen molar-refractivity contribution in [3.63, 3.8) is 0 Å². The van der Waals surface area contributed by atoms with Gasteiger partial charge in [0.15, 0.2) is 18.1 Å².